The molecule has 1 unspecified atom stereocenters. The second kappa shape index (κ2) is 14.5. The molecule has 2 aromatic rings. The van der Waals surface area contributed by atoms with Gasteiger partial charge in [0.1, 0.15) is 29.2 Å². The molecule has 2 aromatic carbocycles. The molecule has 9 heteroatoms. The number of hydrogen-bond acceptors (Lipinski definition) is 5. The minimum absolute atomic E-state index is 0.0241. The number of aliphatic hydroxyl groups is 1. The standard InChI is InChI=1S/C26H37F2N3O3S/c1-3-5-9-35(34)17-24(30)26(33)31(15-19-8-6-7-18(4-2)10-19)16-25(32)23(29)13-20-11-21(27)14-22(28)12-20/h6-8,10-12,14,23-25,32H,3-5,9,13,15-17,29-30H2,1-2H3/t23-,24+,25+,35?/m0/s1. The number of aryl methyl sites for hydroxylation is 1. The quantitative estimate of drug-likeness (QED) is 0.339. The number of unbranched alkanes of at least 4 members (excludes halogenated alkanes) is 1. The molecular weight excluding hydrogens is 472 g/mol. The van der Waals surface area contributed by atoms with E-state index >= 15 is 0 Å². The van der Waals surface area contributed by atoms with Crippen LogP contribution in [0.2, 0.25) is 0 Å². The number of aliphatic hydroxyl groups excluding tert-OH is 1. The molecule has 0 fully saturated rings. The van der Waals surface area contributed by atoms with Crippen LogP contribution in [0, 0.1) is 11.6 Å². The molecule has 1 amide bonds. The molecule has 0 bridgehead atoms. The Morgan fingerprint density at radius 2 is 1.74 bits per heavy atom. The van der Waals surface area contributed by atoms with Crippen LogP contribution in [0.3, 0.4) is 0 Å². The molecule has 4 atom stereocenters. The van der Waals surface area contributed by atoms with E-state index in [4.69, 9.17) is 11.5 Å². The zero-order valence-electron chi connectivity index (χ0n) is 20.5. The first-order chi connectivity index (χ1) is 16.6. The predicted molar refractivity (Wildman–Crippen MR) is 136 cm³/mol. The maximum atomic E-state index is 13.5. The van der Waals surface area contributed by atoms with Gasteiger partial charge in [0, 0.05) is 25.2 Å². The average Bonchev–Trinajstić information content (AvgIpc) is 2.81. The van der Waals surface area contributed by atoms with Crippen molar-refractivity contribution in [2.75, 3.05) is 18.1 Å². The first kappa shape index (κ1) is 29.2. The molecule has 5 N–H and O–H groups in total. The van der Waals surface area contributed by atoms with E-state index in [0.29, 0.717) is 11.3 Å². The Morgan fingerprint density at radius 1 is 1.09 bits per heavy atom. The Balaban J connectivity index is 2.15. The van der Waals surface area contributed by atoms with Gasteiger partial charge in [-0.3, -0.25) is 4.79 Å². The second-order valence-corrected chi connectivity index (χ2v) is 10.5. The van der Waals surface area contributed by atoms with Gasteiger partial charge in [0.2, 0.25) is 5.91 Å². The van der Waals surface area contributed by atoms with Crippen molar-refractivity contribution in [3.8, 4) is 0 Å². The summed E-state index contributed by atoms with van der Waals surface area (Å²) in [5.41, 5.74) is 14.5. The fourth-order valence-corrected chi connectivity index (χ4v) is 5.11. The molecular formula is C26H37F2N3O3S. The smallest absolute Gasteiger partial charge is 0.244 e. The lowest BCUT2D eigenvalue weighted by atomic mass is 10.0. The van der Waals surface area contributed by atoms with Crippen LogP contribution in [-0.4, -0.2) is 56.7 Å². The fraction of sp³-hybridized carbons (Fsp3) is 0.500. The number of carbonyl (C=O) groups is 1. The van der Waals surface area contributed by atoms with Crippen molar-refractivity contribution in [1.29, 1.82) is 0 Å². The minimum atomic E-state index is -1.22. The van der Waals surface area contributed by atoms with Crippen LogP contribution in [0.5, 0.6) is 0 Å². The highest BCUT2D eigenvalue weighted by Gasteiger charge is 2.29. The largest absolute Gasteiger partial charge is 0.616 e. The van der Waals surface area contributed by atoms with Gasteiger partial charge in [-0.1, -0.05) is 55.7 Å². The SMILES string of the molecule is CCCC[S+]([O-])C[C@@H](N)C(=O)N(Cc1cccc(CC)c1)C[C@@H](O)[C@@H](N)Cc1cc(F)cc(F)c1. The van der Waals surface area contributed by atoms with Crippen molar-refractivity contribution in [1.82, 2.24) is 4.90 Å². The summed E-state index contributed by atoms with van der Waals surface area (Å²) in [5, 5.41) is 10.8. The highest BCUT2D eigenvalue weighted by atomic mass is 32.2. The Morgan fingerprint density at radius 3 is 2.37 bits per heavy atom. The van der Waals surface area contributed by atoms with Crippen molar-refractivity contribution in [2.45, 2.75) is 64.3 Å². The van der Waals surface area contributed by atoms with E-state index in [-0.39, 0.29) is 25.3 Å². The third kappa shape index (κ3) is 9.85. The van der Waals surface area contributed by atoms with E-state index in [1.165, 1.54) is 4.90 Å². The van der Waals surface area contributed by atoms with E-state index in [0.717, 1.165) is 48.6 Å². The van der Waals surface area contributed by atoms with Crippen LogP contribution in [0.15, 0.2) is 42.5 Å². The number of halogens is 2. The lowest BCUT2D eigenvalue weighted by molar-refractivity contribution is -0.134. The lowest BCUT2D eigenvalue weighted by Crippen LogP contribution is -2.52. The van der Waals surface area contributed by atoms with Gasteiger partial charge in [-0.05, 0) is 48.1 Å². The molecule has 0 aromatic heterocycles. The van der Waals surface area contributed by atoms with Crippen molar-refractivity contribution in [3.63, 3.8) is 0 Å². The molecule has 194 valence electrons. The Labute approximate surface area is 209 Å². The molecule has 0 saturated carbocycles. The zero-order chi connectivity index (χ0) is 26.0. The summed E-state index contributed by atoms with van der Waals surface area (Å²) in [4.78, 5) is 14.7. The summed E-state index contributed by atoms with van der Waals surface area (Å²) < 4.78 is 39.4. The molecule has 0 aliphatic carbocycles. The molecule has 0 aliphatic heterocycles. The number of carbonyl (C=O) groups excluding carboxylic acids is 1. The van der Waals surface area contributed by atoms with Crippen LogP contribution in [0.1, 0.15) is 43.4 Å². The normalized spacial score (nSPS) is 14.9. The highest BCUT2D eigenvalue weighted by Crippen LogP contribution is 2.15. The van der Waals surface area contributed by atoms with Gasteiger partial charge in [0.15, 0.2) is 0 Å². The fourth-order valence-electron chi connectivity index (χ4n) is 3.79. The zero-order valence-corrected chi connectivity index (χ0v) is 21.3. The first-order valence-corrected chi connectivity index (χ1v) is 13.5. The van der Waals surface area contributed by atoms with Crippen LogP contribution in [0.4, 0.5) is 8.78 Å². The third-order valence-corrected chi connectivity index (χ3v) is 7.26. The van der Waals surface area contributed by atoms with E-state index in [2.05, 4.69) is 0 Å². The van der Waals surface area contributed by atoms with Gasteiger partial charge >= 0.3 is 0 Å². The molecule has 0 aliphatic rings. The van der Waals surface area contributed by atoms with Crippen LogP contribution < -0.4 is 11.5 Å². The van der Waals surface area contributed by atoms with E-state index in [1.54, 1.807) is 0 Å². The van der Waals surface area contributed by atoms with Crippen LogP contribution >= 0.6 is 0 Å². The number of nitrogens with two attached hydrogens (primary N) is 2. The number of amides is 1. The van der Waals surface area contributed by atoms with E-state index in [9.17, 15) is 23.2 Å². The summed E-state index contributed by atoms with van der Waals surface area (Å²) in [7, 11) is 0. The average molecular weight is 510 g/mol. The number of benzene rings is 2. The predicted octanol–water partition coefficient (Wildman–Crippen LogP) is 2.66. The Hall–Kier alpha value is -2.04. The minimum Gasteiger partial charge on any atom is -0.616 e. The molecule has 0 saturated heterocycles. The molecule has 2 rings (SSSR count). The summed E-state index contributed by atoms with van der Waals surface area (Å²) >= 11 is -1.22. The Bertz CT molecular complexity index is 930. The van der Waals surface area contributed by atoms with Gasteiger partial charge in [-0.2, -0.15) is 0 Å². The van der Waals surface area contributed by atoms with Gasteiger partial charge in [-0.25, -0.2) is 8.78 Å². The summed E-state index contributed by atoms with van der Waals surface area (Å²) in [6.07, 6.45) is 1.37. The molecule has 0 spiro atoms. The van der Waals surface area contributed by atoms with Gasteiger partial charge in [0.25, 0.3) is 0 Å². The molecule has 0 radical (unpaired) electrons. The second-order valence-electron chi connectivity index (χ2n) is 8.88. The monoisotopic (exact) mass is 509 g/mol. The topological polar surface area (TPSA) is 116 Å². The van der Waals surface area contributed by atoms with Crippen molar-refractivity contribution < 1.29 is 23.2 Å². The number of nitrogens with zero attached hydrogens (tertiary/aromatic N) is 1. The van der Waals surface area contributed by atoms with Crippen molar-refractivity contribution in [2.24, 2.45) is 11.5 Å². The van der Waals surface area contributed by atoms with Crippen molar-refractivity contribution in [3.05, 3.63) is 70.8 Å². The number of rotatable bonds is 14. The molecule has 0 heterocycles. The van der Waals surface area contributed by atoms with Gasteiger partial charge < -0.3 is 26.0 Å². The van der Waals surface area contributed by atoms with Crippen LogP contribution in [-0.2, 0) is 35.4 Å². The highest BCUT2D eigenvalue weighted by molar-refractivity contribution is 7.91. The van der Waals surface area contributed by atoms with E-state index < -0.39 is 46.9 Å². The summed E-state index contributed by atoms with van der Waals surface area (Å²) in [6, 6.07) is 8.98. The lowest BCUT2D eigenvalue weighted by Gasteiger charge is -2.30. The first-order valence-electron chi connectivity index (χ1n) is 12.0. The van der Waals surface area contributed by atoms with Gasteiger partial charge in [0.05, 0.1) is 6.10 Å². The summed E-state index contributed by atoms with van der Waals surface area (Å²) in [5.74, 6) is -1.37. The molecule has 35 heavy (non-hydrogen) atoms. The van der Waals surface area contributed by atoms with Crippen LogP contribution in [0.25, 0.3) is 0 Å². The maximum absolute atomic E-state index is 13.5. The maximum Gasteiger partial charge on any atom is 0.244 e. The van der Waals surface area contributed by atoms with Gasteiger partial charge in [-0.15, -0.1) is 0 Å². The molecule has 6 nitrogen and oxygen atoms in total. The van der Waals surface area contributed by atoms with Crippen molar-refractivity contribution >= 4 is 17.1 Å². The summed E-state index contributed by atoms with van der Waals surface area (Å²) in [6.45, 7) is 4.10. The third-order valence-electron chi connectivity index (χ3n) is 5.79. The van der Waals surface area contributed by atoms with E-state index in [1.807, 2.05) is 38.1 Å². The number of hydrogen-bond donors (Lipinski definition) is 3. The Kier molecular flexibility index (Phi) is 12.1.